The van der Waals surface area contributed by atoms with Crippen LogP contribution in [0.1, 0.15) is 18.1 Å². The van der Waals surface area contributed by atoms with Crippen LogP contribution in [0, 0.1) is 11.3 Å². The molecule has 0 saturated carbocycles. The van der Waals surface area contributed by atoms with Crippen molar-refractivity contribution in [3.05, 3.63) is 23.8 Å². The maximum absolute atomic E-state index is 9.82. The summed E-state index contributed by atoms with van der Waals surface area (Å²) in [4.78, 5) is 0. The topological polar surface area (TPSA) is 116 Å². The minimum absolute atomic E-state index is 0.141. The smallest absolute Gasteiger partial charge is 0.174 e. The second-order valence-electron chi connectivity index (χ2n) is 3.70. The molecule has 2 unspecified atom stereocenters. The molecule has 17 heavy (non-hydrogen) atoms. The predicted octanol–water partition coefficient (Wildman–Crippen LogP) is 0.718. The number of fused-ring (bicyclic) bond motifs is 1. The van der Waals surface area contributed by atoms with Crippen LogP contribution >= 0.6 is 0 Å². The summed E-state index contributed by atoms with van der Waals surface area (Å²) in [5, 5.41) is 31.9. The summed E-state index contributed by atoms with van der Waals surface area (Å²) in [6, 6.07) is 6.59. The van der Waals surface area contributed by atoms with Gasteiger partial charge in [0, 0.05) is 0 Å². The molecule has 88 valence electrons. The summed E-state index contributed by atoms with van der Waals surface area (Å²) < 4.78 is 4.92. The number of aliphatic hydroxyl groups is 2. The van der Waals surface area contributed by atoms with E-state index in [4.69, 9.17) is 15.5 Å². The van der Waals surface area contributed by atoms with E-state index in [-0.39, 0.29) is 12.2 Å². The van der Waals surface area contributed by atoms with Gasteiger partial charge in [0.05, 0.1) is 24.0 Å². The van der Waals surface area contributed by atoms with Crippen molar-refractivity contribution in [3.63, 3.8) is 0 Å². The van der Waals surface area contributed by atoms with Gasteiger partial charge in [-0.05, 0) is 17.7 Å². The molecule has 2 aromatic rings. The quantitative estimate of drug-likeness (QED) is 0.719. The molecule has 0 radical (unpaired) electrons. The van der Waals surface area contributed by atoms with Crippen molar-refractivity contribution in [1.82, 2.24) is 5.16 Å². The zero-order valence-corrected chi connectivity index (χ0v) is 8.87. The Morgan fingerprint density at radius 1 is 1.47 bits per heavy atom. The third-order valence-electron chi connectivity index (χ3n) is 2.53. The van der Waals surface area contributed by atoms with Gasteiger partial charge in [-0.25, -0.2) is 0 Å². The van der Waals surface area contributed by atoms with Crippen LogP contribution in [0.3, 0.4) is 0 Å². The number of nitriles is 1. The van der Waals surface area contributed by atoms with Crippen LogP contribution < -0.4 is 5.73 Å². The summed E-state index contributed by atoms with van der Waals surface area (Å²) in [7, 11) is 0. The van der Waals surface area contributed by atoms with Gasteiger partial charge in [-0.3, -0.25) is 0 Å². The SMILES string of the molecule is N#CCC(O)C(O)c1ccc2onc(N)c2c1. The van der Waals surface area contributed by atoms with Gasteiger partial charge >= 0.3 is 0 Å². The molecule has 0 bridgehead atoms. The summed E-state index contributed by atoms with van der Waals surface area (Å²) in [6.45, 7) is 0. The molecule has 1 heterocycles. The Bertz CT molecular complexity index is 573. The lowest BCUT2D eigenvalue weighted by Gasteiger charge is -2.15. The van der Waals surface area contributed by atoms with E-state index in [1.54, 1.807) is 24.3 Å². The number of hydrogen-bond acceptors (Lipinski definition) is 6. The highest BCUT2D eigenvalue weighted by atomic mass is 16.5. The third-order valence-corrected chi connectivity index (χ3v) is 2.53. The number of hydrogen-bond donors (Lipinski definition) is 3. The molecule has 2 atom stereocenters. The second kappa shape index (κ2) is 4.41. The van der Waals surface area contributed by atoms with Crippen molar-refractivity contribution in [2.24, 2.45) is 0 Å². The van der Waals surface area contributed by atoms with Crippen molar-refractivity contribution >= 4 is 16.8 Å². The summed E-state index contributed by atoms with van der Waals surface area (Å²) in [6.07, 6.45) is -2.40. The Kier molecular flexibility index (Phi) is 2.95. The molecule has 6 nitrogen and oxygen atoms in total. The van der Waals surface area contributed by atoms with Crippen LogP contribution in [-0.4, -0.2) is 21.5 Å². The predicted molar refractivity (Wildman–Crippen MR) is 59.6 cm³/mol. The number of nitrogens with zero attached hydrogens (tertiary/aromatic N) is 2. The van der Waals surface area contributed by atoms with E-state index in [9.17, 15) is 10.2 Å². The Labute approximate surface area is 96.9 Å². The van der Waals surface area contributed by atoms with Crippen LogP contribution in [0.5, 0.6) is 0 Å². The number of nitrogens with two attached hydrogens (primary N) is 1. The highest BCUT2D eigenvalue weighted by Crippen LogP contribution is 2.26. The standard InChI is InChI=1S/C11H11N3O3/c12-4-3-8(15)10(16)6-1-2-9-7(5-6)11(13)14-17-9/h1-2,5,8,10,15-16H,3H2,(H2,13,14). The Morgan fingerprint density at radius 3 is 2.94 bits per heavy atom. The first-order valence-electron chi connectivity index (χ1n) is 5.01. The lowest BCUT2D eigenvalue weighted by atomic mass is 10.0. The van der Waals surface area contributed by atoms with Crippen LogP contribution in [0.4, 0.5) is 5.82 Å². The highest BCUT2D eigenvalue weighted by molar-refractivity contribution is 5.87. The monoisotopic (exact) mass is 233 g/mol. The van der Waals surface area contributed by atoms with Crippen molar-refractivity contribution < 1.29 is 14.7 Å². The van der Waals surface area contributed by atoms with E-state index in [2.05, 4.69) is 5.16 Å². The fourth-order valence-electron chi connectivity index (χ4n) is 1.59. The average molecular weight is 233 g/mol. The maximum atomic E-state index is 9.82. The van der Waals surface area contributed by atoms with Gasteiger partial charge in [0.15, 0.2) is 11.4 Å². The molecule has 1 aromatic carbocycles. The molecular weight excluding hydrogens is 222 g/mol. The molecule has 0 spiro atoms. The fourth-order valence-corrected chi connectivity index (χ4v) is 1.59. The molecule has 4 N–H and O–H groups in total. The normalized spacial score (nSPS) is 14.4. The number of aliphatic hydroxyl groups excluding tert-OH is 2. The number of nitrogen functional groups attached to an aromatic ring is 1. The molecule has 2 rings (SSSR count). The lowest BCUT2D eigenvalue weighted by molar-refractivity contribution is 0.0217. The molecule has 0 aliphatic carbocycles. The molecule has 0 aliphatic rings. The zero-order chi connectivity index (χ0) is 12.4. The van der Waals surface area contributed by atoms with Gasteiger partial charge in [0.2, 0.25) is 0 Å². The van der Waals surface area contributed by atoms with Crippen molar-refractivity contribution in [2.45, 2.75) is 18.6 Å². The fraction of sp³-hybridized carbons (Fsp3) is 0.273. The average Bonchev–Trinajstić information content (AvgIpc) is 2.70. The molecular formula is C11H11N3O3. The third kappa shape index (κ3) is 2.06. The van der Waals surface area contributed by atoms with Crippen LogP contribution in [0.2, 0.25) is 0 Å². The van der Waals surface area contributed by atoms with E-state index >= 15 is 0 Å². The first-order chi connectivity index (χ1) is 8.13. The summed E-state index contributed by atoms with van der Waals surface area (Å²) in [5.74, 6) is 0.226. The Hall–Kier alpha value is -2.10. The highest BCUT2D eigenvalue weighted by Gasteiger charge is 2.19. The molecule has 0 amide bonds. The van der Waals surface area contributed by atoms with Gasteiger partial charge < -0.3 is 20.5 Å². The lowest BCUT2D eigenvalue weighted by Crippen LogP contribution is -2.17. The summed E-state index contributed by atoms with van der Waals surface area (Å²) in [5.41, 5.74) is 6.55. The second-order valence-corrected chi connectivity index (χ2v) is 3.70. The Morgan fingerprint density at radius 2 is 2.24 bits per heavy atom. The van der Waals surface area contributed by atoms with E-state index in [0.29, 0.717) is 16.5 Å². The molecule has 0 saturated heterocycles. The Balaban J connectivity index is 2.35. The largest absolute Gasteiger partial charge is 0.389 e. The van der Waals surface area contributed by atoms with E-state index in [0.717, 1.165) is 0 Å². The van der Waals surface area contributed by atoms with Crippen molar-refractivity contribution in [1.29, 1.82) is 5.26 Å². The number of rotatable bonds is 3. The van der Waals surface area contributed by atoms with E-state index < -0.39 is 12.2 Å². The van der Waals surface area contributed by atoms with E-state index in [1.165, 1.54) is 0 Å². The van der Waals surface area contributed by atoms with Crippen molar-refractivity contribution in [2.75, 3.05) is 5.73 Å². The maximum Gasteiger partial charge on any atom is 0.174 e. The van der Waals surface area contributed by atoms with Gasteiger partial charge in [0.25, 0.3) is 0 Å². The minimum atomic E-state index is -1.13. The van der Waals surface area contributed by atoms with Crippen LogP contribution in [-0.2, 0) is 0 Å². The molecule has 1 aromatic heterocycles. The molecule has 6 heteroatoms. The zero-order valence-electron chi connectivity index (χ0n) is 8.87. The van der Waals surface area contributed by atoms with Gasteiger partial charge in [0.1, 0.15) is 6.10 Å². The van der Waals surface area contributed by atoms with Gasteiger partial charge in [-0.15, -0.1) is 0 Å². The number of benzene rings is 1. The number of anilines is 1. The van der Waals surface area contributed by atoms with Gasteiger partial charge in [-0.2, -0.15) is 5.26 Å². The van der Waals surface area contributed by atoms with E-state index in [1.807, 2.05) is 0 Å². The molecule has 0 fully saturated rings. The van der Waals surface area contributed by atoms with Gasteiger partial charge in [-0.1, -0.05) is 11.2 Å². The number of aromatic nitrogens is 1. The first kappa shape index (κ1) is 11.4. The molecule has 0 aliphatic heterocycles. The van der Waals surface area contributed by atoms with Crippen LogP contribution in [0.15, 0.2) is 22.7 Å². The first-order valence-corrected chi connectivity index (χ1v) is 5.01. The van der Waals surface area contributed by atoms with Crippen LogP contribution in [0.25, 0.3) is 11.0 Å². The van der Waals surface area contributed by atoms with Crippen molar-refractivity contribution in [3.8, 4) is 6.07 Å². The summed E-state index contributed by atoms with van der Waals surface area (Å²) >= 11 is 0. The minimum Gasteiger partial charge on any atom is -0.389 e.